The number of allylic oxidation sites excluding steroid dienone is 2. The number of phenolic OH excluding ortho intramolecular Hbond substituents is 1. The number of carbonyl (C=O) groups is 3. The van der Waals surface area contributed by atoms with E-state index in [2.05, 4.69) is 23.7 Å². The van der Waals surface area contributed by atoms with Crippen molar-refractivity contribution in [3.05, 3.63) is 88.2 Å². The lowest BCUT2D eigenvalue weighted by Crippen LogP contribution is -2.68. The molecule has 0 spiro atoms. The number of nitrogens with zero attached hydrogens (tertiary/aromatic N) is 1. The fourth-order valence-corrected chi connectivity index (χ4v) is 7.92. The van der Waals surface area contributed by atoms with Crippen molar-refractivity contribution in [3.8, 4) is 34.8 Å². The number of aliphatic hydroxyl groups is 2. The molecule has 6 N–H and O–H groups in total. The second-order valence-electron chi connectivity index (χ2n) is 15.0. The number of halogens is 1. The van der Waals surface area contributed by atoms with E-state index in [0.29, 0.717) is 5.56 Å². The fraction of sp³-hybridized carbons (Fsp3) is 0.390. The molecule has 4 heterocycles. The van der Waals surface area contributed by atoms with E-state index in [9.17, 15) is 29.7 Å². The van der Waals surface area contributed by atoms with Gasteiger partial charge in [-0.15, -0.1) is 0 Å². The van der Waals surface area contributed by atoms with Gasteiger partial charge in [0.2, 0.25) is 0 Å². The Morgan fingerprint density at radius 1 is 1.14 bits per heavy atom. The van der Waals surface area contributed by atoms with Crippen LogP contribution in [0.1, 0.15) is 42.2 Å². The van der Waals surface area contributed by atoms with Crippen molar-refractivity contribution >= 4 is 35.1 Å². The Bertz CT molecular complexity index is 2220. The number of nitrogens with two attached hydrogens (primary N) is 1. The highest BCUT2D eigenvalue weighted by Crippen LogP contribution is 2.46. The third-order valence-electron chi connectivity index (χ3n) is 10.4. The maximum Gasteiger partial charge on any atom is 0.341 e. The van der Waals surface area contributed by atoms with E-state index >= 15 is 0 Å². The van der Waals surface area contributed by atoms with Gasteiger partial charge in [-0.2, -0.15) is 0 Å². The predicted octanol–water partition coefficient (Wildman–Crippen LogP) is 2.80. The largest absolute Gasteiger partial charge is 0.504 e. The molecule has 1 amide bonds. The Morgan fingerprint density at radius 3 is 2.60 bits per heavy atom. The Balaban J connectivity index is 1.34. The highest BCUT2D eigenvalue weighted by atomic mass is 35.5. The summed E-state index contributed by atoms with van der Waals surface area (Å²) in [6.07, 6.45) is -1.16. The number of aliphatic hydroxyl groups excluding tert-OH is 2. The zero-order valence-electron chi connectivity index (χ0n) is 32.1. The molecular formula is C41H42ClN3O13. The second-order valence-corrected chi connectivity index (χ2v) is 15.4. The summed E-state index contributed by atoms with van der Waals surface area (Å²) in [5.41, 5.74) is 4.00. The number of amides is 1. The monoisotopic (exact) mass is 819 g/mol. The van der Waals surface area contributed by atoms with Crippen LogP contribution in [0.5, 0.6) is 23.0 Å². The zero-order valence-corrected chi connectivity index (χ0v) is 32.9. The predicted molar refractivity (Wildman–Crippen MR) is 206 cm³/mol. The number of aromatic hydroxyl groups is 1. The number of rotatable bonds is 6. The number of fused-ring (bicyclic) bond motifs is 9. The van der Waals surface area contributed by atoms with E-state index in [4.69, 9.17) is 50.5 Å². The molecular weight excluding hydrogens is 778 g/mol. The van der Waals surface area contributed by atoms with Gasteiger partial charge in [-0.1, -0.05) is 36.1 Å². The van der Waals surface area contributed by atoms with Crippen molar-refractivity contribution in [2.45, 2.75) is 74.3 Å². The Labute approximate surface area is 338 Å². The number of phenols is 1. The Hall–Kier alpha value is -5.38. The lowest BCUT2D eigenvalue weighted by Gasteiger charge is -2.51. The molecule has 16 nitrogen and oxygen atoms in total. The summed E-state index contributed by atoms with van der Waals surface area (Å²) in [6.45, 7) is 6.53. The van der Waals surface area contributed by atoms with Crippen LogP contribution in [0.3, 0.4) is 0 Å². The molecule has 6 aliphatic rings. The molecule has 1 saturated heterocycles. The average molecular weight is 820 g/mol. The first-order valence-corrected chi connectivity index (χ1v) is 18.5. The van der Waals surface area contributed by atoms with E-state index in [1.807, 2.05) is 0 Å². The minimum Gasteiger partial charge on any atom is -0.504 e. The minimum atomic E-state index is -1.73. The average Bonchev–Trinajstić information content (AvgIpc) is 3.50. The zero-order chi connectivity index (χ0) is 41.8. The molecule has 0 radical (unpaired) electrons. The van der Waals surface area contributed by atoms with E-state index in [1.54, 1.807) is 51.1 Å². The molecule has 0 saturated carbocycles. The maximum atomic E-state index is 14.1. The van der Waals surface area contributed by atoms with Gasteiger partial charge in [-0.3, -0.25) is 9.59 Å². The molecule has 306 valence electrons. The van der Waals surface area contributed by atoms with Crippen LogP contribution < -0.4 is 25.3 Å². The number of carbonyl (C=O) groups excluding carboxylic acids is 3. The standard InChI is InChI=1S/C41H42ClN3O13/c1-19-37(50)44-32-24(15-23(52-6)16-28(32)54-19)38(51)55-29-18-53-31(47)17-26(43)21-12-25(42)35(27(46)13-21)56-30-14-20(29)9-10-22-8-7-11-41(22,30)58-39-34(49)33(48)36(45(4)5)40(2,3)57-39/h7-8,11-16,26,29-30,33-34,36,39,46,48-49H,1,17-18,43H2,2-6H3,(H,44,50)/t26-,29?,30+,33-,34+,36-,39-,41?/m0/s1. The fourth-order valence-electron chi connectivity index (χ4n) is 7.66. The molecule has 2 aromatic rings. The van der Waals surface area contributed by atoms with Gasteiger partial charge in [0.15, 0.2) is 47.1 Å². The van der Waals surface area contributed by atoms with Gasteiger partial charge >= 0.3 is 11.9 Å². The summed E-state index contributed by atoms with van der Waals surface area (Å²) in [5, 5.41) is 36.6. The van der Waals surface area contributed by atoms with Crippen LogP contribution in [0.4, 0.5) is 5.69 Å². The Kier molecular flexibility index (Phi) is 10.8. The number of methoxy groups -OCH3 is 1. The Morgan fingerprint density at radius 2 is 1.90 bits per heavy atom. The van der Waals surface area contributed by atoms with Gasteiger partial charge in [-0.25, -0.2) is 4.79 Å². The first-order chi connectivity index (χ1) is 27.4. The number of anilines is 1. The third kappa shape index (κ3) is 7.42. The summed E-state index contributed by atoms with van der Waals surface area (Å²) >= 11 is 6.72. The van der Waals surface area contributed by atoms with Crippen molar-refractivity contribution in [1.82, 2.24) is 4.90 Å². The lowest BCUT2D eigenvalue weighted by molar-refractivity contribution is -0.329. The van der Waals surface area contributed by atoms with Gasteiger partial charge in [0, 0.05) is 23.3 Å². The van der Waals surface area contributed by atoms with Crippen LogP contribution in [-0.2, 0) is 28.5 Å². The van der Waals surface area contributed by atoms with Crippen molar-refractivity contribution < 1.29 is 62.9 Å². The summed E-state index contributed by atoms with van der Waals surface area (Å²) in [7, 11) is 4.87. The van der Waals surface area contributed by atoms with Crippen molar-refractivity contribution in [2.24, 2.45) is 5.73 Å². The third-order valence-corrected chi connectivity index (χ3v) is 10.7. The van der Waals surface area contributed by atoms with Crippen LogP contribution in [-0.4, -0.2) is 114 Å². The van der Waals surface area contributed by atoms with Crippen LogP contribution in [0.25, 0.3) is 0 Å². The van der Waals surface area contributed by atoms with Crippen LogP contribution in [0.2, 0.25) is 5.02 Å². The first-order valence-electron chi connectivity index (χ1n) is 18.2. The number of hydrogen-bond donors (Lipinski definition) is 5. The minimum absolute atomic E-state index is 0.0211. The van der Waals surface area contributed by atoms with Gasteiger partial charge in [-0.05, 0) is 69.9 Å². The normalized spacial score (nSPS) is 29.8. The summed E-state index contributed by atoms with van der Waals surface area (Å²) in [6, 6.07) is 3.92. The number of esters is 2. The number of hydrogen-bond acceptors (Lipinski definition) is 15. The number of ether oxygens (including phenoxy) is 7. The molecule has 2 aromatic carbocycles. The van der Waals surface area contributed by atoms with Crippen molar-refractivity contribution in [2.75, 3.05) is 33.1 Å². The molecule has 4 aliphatic heterocycles. The highest BCUT2D eigenvalue weighted by molar-refractivity contribution is 6.32. The van der Waals surface area contributed by atoms with Gasteiger partial charge < -0.3 is 64.4 Å². The van der Waals surface area contributed by atoms with E-state index in [1.165, 1.54) is 37.5 Å². The quantitative estimate of drug-likeness (QED) is 0.161. The highest BCUT2D eigenvalue weighted by Gasteiger charge is 2.55. The molecule has 8 rings (SSSR count). The molecule has 4 bridgehead atoms. The van der Waals surface area contributed by atoms with Crippen LogP contribution in [0.15, 0.2) is 72.1 Å². The van der Waals surface area contributed by atoms with E-state index < -0.39 is 84.2 Å². The summed E-state index contributed by atoms with van der Waals surface area (Å²) in [5.74, 6) is 2.99. The molecule has 2 unspecified atom stereocenters. The first kappa shape index (κ1) is 40.8. The number of nitrogens with one attached hydrogen (secondary N) is 1. The van der Waals surface area contributed by atoms with Gasteiger partial charge in [0.1, 0.15) is 24.6 Å². The smallest absolute Gasteiger partial charge is 0.341 e. The van der Waals surface area contributed by atoms with Crippen LogP contribution >= 0.6 is 11.6 Å². The van der Waals surface area contributed by atoms with Crippen molar-refractivity contribution in [1.29, 1.82) is 0 Å². The van der Waals surface area contributed by atoms with Crippen molar-refractivity contribution in [3.63, 3.8) is 0 Å². The molecule has 1 fully saturated rings. The maximum absolute atomic E-state index is 14.1. The topological polar surface area (TPSA) is 218 Å². The molecule has 8 atom stereocenters. The lowest BCUT2D eigenvalue weighted by atomic mass is 9.85. The SMILES string of the molecule is C=C1Oc2cc(OC)cc(C(=O)OC3COC(=O)C[C@H](N)c4cc(O)c(c(Cl)c4)O[C@@H]4C=C3C#CC3=CC=CC34O[C@@H]3OC(C)(C)[C@@H](N(C)C)[C@@H](O)[C@H]3O)c2NC1=O. The molecule has 58 heavy (non-hydrogen) atoms. The molecule has 17 heteroatoms. The van der Waals surface area contributed by atoms with E-state index in [-0.39, 0.29) is 56.8 Å². The number of likely N-dealkylation sites (N-methyl/N-ethyl adjacent to an activating group) is 1. The van der Waals surface area contributed by atoms with Crippen LogP contribution in [0, 0.1) is 11.8 Å². The van der Waals surface area contributed by atoms with Gasteiger partial charge in [0.25, 0.3) is 5.91 Å². The molecule has 0 aromatic heterocycles. The molecule has 2 aliphatic carbocycles. The van der Waals surface area contributed by atoms with E-state index in [0.717, 1.165) is 0 Å². The van der Waals surface area contributed by atoms with Gasteiger partial charge in [0.05, 0.1) is 41.4 Å². The number of benzene rings is 2. The second kappa shape index (κ2) is 15.4. The summed E-state index contributed by atoms with van der Waals surface area (Å²) < 4.78 is 42.1. The summed E-state index contributed by atoms with van der Waals surface area (Å²) in [4.78, 5) is 41.7.